The van der Waals surface area contributed by atoms with Gasteiger partial charge in [-0.25, -0.2) is 0 Å². The molecule has 1 N–H and O–H groups in total. The van der Waals surface area contributed by atoms with Crippen molar-refractivity contribution in [1.29, 1.82) is 0 Å². The average molecular weight is 310 g/mol. The summed E-state index contributed by atoms with van der Waals surface area (Å²) in [4.78, 5) is 27.7. The lowest BCUT2D eigenvalue weighted by atomic mass is 9.89. The second-order valence-electron chi connectivity index (χ2n) is 6.24. The molecule has 1 heterocycles. The predicted octanol–water partition coefficient (Wildman–Crippen LogP) is 1.26. The molecule has 1 aliphatic rings. The van der Waals surface area contributed by atoms with E-state index in [2.05, 4.69) is 4.98 Å². The van der Waals surface area contributed by atoms with Crippen LogP contribution in [0.25, 0.3) is 12.2 Å². The minimum Gasteiger partial charge on any atom is -0.316 e. The van der Waals surface area contributed by atoms with Crippen LogP contribution in [0, 0.1) is 5.92 Å². The highest BCUT2D eigenvalue weighted by Gasteiger charge is 2.11. The van der Waals surface area contributed by atoms with Gasteiger partial charge in [0.2, 0.25) is 0 Å². The molecule has 1 aliphatic carbocycles. The Hall–Kier alpha value is -2.36. The largest absolute Gasteiger partial charge is 0.316 e. The van der Waals surface area contributed by atoms with E-state index in [1.807, 2.05) is 36.4 Å². The molecule has 1 fully saturated rings. The molecule has 0 aliphatic heterocycles. The molecular formula is C19H22N2O2. The fourth-order valence-corrected chi connectivity index (χ4v) is 3.20. The second-order valence-corrected chi connectivity index (χ2v) is 6.24. The lowest BCUT2D eigenvalue weighted by molar-refractivity contribution is 0.435. The van der Waals surface area contributed by atoms with Crippen molar-refractivity contribution in [3.8, 4) is 0 Å². The molecule has 1 saturated carbocycles. The first-order chi connectivity index (χ1) is 11.1. The van der Waals surface area contributed by atoms with Crippen molar-refractivity contribution in [1.82, 2.24) is 9.55 Å². The van der Waals surface area contributed by atoms with Gasteiger partial charge in [0.1, 0.15) is 10.7 Å². The first-order valence-electron chi connectivity index (χ1n) is 8.23. The van der Waals surface area contributed by atoms with Gasteiger partial charge in [-0.05, 0) is 30.4 Å². The monoisotopic (exact) mass is 310 g/mol. The molecule has 0 spiro atoms. The normalized spacial score (nSPS) is 17.6. The summed E-state index contributed by atoms with van der Waals surface area (Å²) in [6.45, 7) is 0. The van der Waals surface area contributed by atoms with Gasteiger partial charge in [-0.3, -0.25) is 9.59 Å². The highest BCUT2D eigenvalue weighted by molar-refractivity contribution is 5.47. The molecule has 0 radical (unpaired) electrons. The Bertz CT molecular complexity index is 901. The Labute approximate surface area is 134 Å². The summed E-state index contributed by atoms with van der Waals surface area (Å²) in [7, 11) is 1.66. The summed E-state index contributed by atoms with van der Waals surface area (Å²) in [5.41, 5.74) is 0.535. The fourth-order valence-electron chi connectivity index (χ4n) is 3.20. The highest BCUT2D eigenvalue weighted by atomic mass is 16.1. The second kappa shape index (κ2) is 6.82. The van der Waals surface area contributed by atoms with Crippen LogP contribution in [-0.4, -0.2) is 9.55 Å². The first kappa shape index (κ1) is 15.5. The topological polar surface area (TPSA) is 54.9 Å². The third-order valence-electron chi connectivity index (χ3n) is 4.53. The van der Waals surface area contributed by atoms with Gasteiger partial charge >= 0.3 is 0 Å². The predicted molar refractivity (Wildman–Crippen MR) is 92.6 cm³/mol. The van der Waals surface area contributed by atoms with E-state index >= 15 is 0 Å². The molecule has 0 amide bonds. The van der Waals surface area contributed by atoms with Crippen molar-refractivity contribution in [2.24, 2.45) is 13.0 Å². The number of rotatable bonds is 2. The van der Waals surface area contributed by atoms with Gasteiger partial charge in [-0.2, -0.15) is 0 Å². The zero-order valence-corrected chi connectivity index (χ0v) is 13.4. The number of hydrogen-bond acceptors (Lipinski definition) is 2. The van der Waals surface area contributed by atoms with Crippen molar-refractivity contribution in [2.45, 2.75) is 32.1 Å². The van der Waals surface area contributed by atoms with Crippen molar-refractivity contribution >= 4 is 12.2 Å². The minimum absolute atomic E-state index is 0.141. The van der Waals surface area contributed by atoms with Crippen LogP contribution < -0.4 is 21.8 Å². The van der Waals surface area contributed by atoms with Crippen molar-refractivity contribution in [3.63, 3.8) is 0 Å². The number of aromatic amines is 1. The van der Waals surface area contributed by atoms with Crippen LogP contribution in [0.2, 0.25) is 0 Å². The smallest absolute Gasteiger partial charge is 0.274 e. The zero-order valence-electron chi connectivity index (χ0n) is 13.4. The van der Waals surface area contributed by atoms with Crippen LogP contribution in [0.4, 0.5) is 0 Å². The summed E-state index contributed by atoms with van der Waals surface area (Å²) in [6.07, 6.45) is 9.56. The number of benzene rings is 1. The molecule has 3 rings (SSSR count). The zero-order chi connectivity index (χ0) is 16.2. The summed E-state index contributed by atoms with van der Waals surface area (Å²) >= 11 is 0. The number of nitrogens with one attached hydrogen (secondary N) is 1. The van der Waals surface area contributed by atoms with Crippen LogP contribution >= 0.6 is 0 Å². The van der Waals surface area contributed by atoms with Crippen molar-refractivity contribution in [2.75, 3.05) is 0 Å². The molecule has 1 aromatic carbocycles. The van der Waals surface area contributed by atoms with Crippen molar-refractivity contribution < 1.29 is 0 Å². The SMILES string of the molecule is Cn1c(=O)/c(=C/C2CCCCC2)[nH]c(=O)/c1=C/c1ccccc1. The van der Waals surface area contributed by atoms with Crippen molar-refractivity contribution in [3.05, 3.63) is 67.3 Å². The standard InChI is InChI=1S/C19H22N2O2/c1-21-17(13-15-10-6-3-7-11-15)18(22)20-16(19(21)23)12-14-8-4-2-5-9-14/h3,6-7,10-14H,2,4-5,8-9H2,1H3,(H,20,22)/b16-12-,17-13-. The molecule has 2 aromatic rings. The van der Waals surface area contributed by atoms with Gasteiger partial charge in [0, 0.05) is 7.05 Å². The lowest BCUT2D eigenvalue weighted by Gasteiger charge is -2.17. The molecule has 4 nitrogen and oxygen atoms in total. The number of nitrogens with zero attached hydrogens (tertiary/aromatic N) is 1. The molecule has 0 atom stereocenters. The van der Waals surface area contributed by atoms with E-state index in [0.29, 0.717) is 16.6 Å². The molecule has 0 bridgehead atoms. The Morgan fingerprint density at radius 1 is 1.09 bits per heavy atom. The van der Waals surface area contributed by atoms with E-state index in [-0.39, 0.29) is 11.1 Å². The van der Waals surface area contributed by atoms with E-state index < -0.39 is 0 Å². The van der Waals surface area contributed by atoms with Gasteiger partial charge in [-0.1, -0.05) is 55.7 Å². The number of aromatic nitrogens is 2. The number of H-pyrrole nitrogens is 1. The number of hydrogen-bond donors (Lipinski definition) is 1. The Kier molecular flexibility index (Phi) is 4.60. The maximum atomic E-state index is 12.5. The summed E-state index contributed by atoms with van der Waals surface area (Å²) in [6, 6.07) is 9.55. The fraction of sp³-hybridized carbons (Fsp3) is 0.368. The van der Waals surface area contributed by atoms with Gasteiger partial charge in [0.05, 0.1) is 0 Å². The van der Waals surface area contributed by atoms with Crippen LogP contribution in [0.5, 0.6) is 0 Å². The van der Waals surface area contributed by atoms with Crippen LogP contribution in [0.1, 0.15) is 37.7 Å². The third kappa shape index (κ3) is 3.52. The van der Waals surface area contributed by atoms with Gasteiger partial charge in [0.15, 0.2) is 0 Å². The molecule has 120 valence electrons. The van der Waals surface area contributed by atoms with E-state index in [0.717, 1.165) is 18.4 Å². The summed E-state index contributed by atoms with van der Waals surface area (Å²) < 4.78 is 1.44. The molecule has 23 heavy (non-hydrogen) atoms. The quantitative estimate of drug-likeness (QED) is 0.908. The van der Waals surface area contributed by atoms with E-state index in [1.54, 1.807) is 13.1 Å². The summed E-state index contributed by atoms with van der Waals surface area (Å²) in [5.74, 6) is 0.399. The van der Waals surface area contributed by atoms with Crippen LogP contribution in [-0.2, 0) is 7.05 Å². The summed E-state index contributed by atoms with van der Waals surface area (Å²) in [5, 5.41) is 0.802. The van der Waals surface area contributed by atoms with E-state index in [1.165, 1.54) is 23.8 Å². The average Bonchev–Trinajstić information content (AvgIpc) is 2.58. The van der Waals surface area contributed by atoms with E-state index in [9.17, 15) is 9.59 Å². The Balaban J connectivity index is 2.11. The highest BCUT2D eigenvalue weighted by Crippen LogP contribution is 2.24. The maximum Gasteiger partial charge on any atom is 0.274 e. The molecule has 0 saturated heterocycles. The maximum absolute atomic E-state index is 12.5. The lowest BCUT2D eigenvalue weighted by Crippen LogP contribution is -2.52. The third-order valence-corrected chi connectivity index (χ3v) is 4.53. The first-order valence-corrected chi connectivity index (χ1v) is 8.23. The Morgan fingerprint density at radius 3 is 2.48 bits per heavy atom. The van der Waals surface area contributed by atoms with Crippen LogP contribution in [0.3, 0.4) is 0 Å². The van der Waals surface area contributed by atoms with E-state index in [4.69, 9.17) is 0 Å². The van der Waals surface area contributed by atoms with Gasteiger partial charge < -0.3 is 9.55 Å². The van der Waals surface area contributed by atoms with Gasteiger partial charge in [0.25, 0.3) is 11.1 Å². The molecule has 4 heteroatoms. The molecular weight excluding hydrogens is 288 g/mol. The molecule has 1 aromatic heterocycles. The van der Waals surface area contributed by atoms with Crippen LogP contribution in [0.15, 0.2) is 39.9 Å². The Morgan fingerprint density at radius 2 is 1.78 bits per heavy atom. The van der Waals surface area contributed by atoms with Gasteiger partial charge in [-0.15, -0.1) is 0 Å². The minimum atomic E-state index is -0.224. The molecule has 0 unspecified atom stereocenters.